The zero-order chi connectivity index (χ0) is 11.5. The van der Waals surface area contributed by atoms with E-state index in [9.17, 15) is 0 Å². The molecule has 86 valence electrons. The number of nitrogens with one attached hydrogen (secondary N) is 1. The Morgan fingerprint density at radius 3 is 2.81 bits per heavy atom. The summed E-state index contributed by atoms with van der Waals surface area (Å²) in [4.78, 5) is 5.51. The molecular weight excluding hydrogens is 200 g/mol. The van der Waals surface area contributed by atoms with Gasteiger partial charge in [0.15, 0.2) is 0 Å². The molecule has 0 radical (unpaired) electrons. The molecule has 2 N–H and O–H groups in total. The minimum absolute atomic E-state index is 0.206. The van der Waals surface area contributed by atoms with Gasteiger partial charge >= 0.3 is 0 Å². The third-order valence-electron chi connectivity index (χ3n) is 2.94. The lowest BCUT2D eigenvalue weighted by molar-refractivity contribution is 0.217. The van der Waals surface area contributed by atoms with Gasteiger partial charge in [-0.1, -0.05) is 18.2 Å². The van der Waals surface area contributed by atoms with Crippen LogP contribution in [-0.4, -0.2) is 35.2 Å². The minimum atomic E-state index is 0.206. The number of para-hydroxylation sites is 1. The Labute approximate surface area is 95.7 Å². The number of benzene rings is 1. The van der Waals surface area contributed by atoms with E-state index in [1.165, 1.54) is 22.2 Å². The van der Waals surface area contributed by atoms with Gasteiger partial charge in [-0.3, -0.25) is 4.90 Å². The van der Waals surface area contributed by atoms with Crippen LogP contribution < -0.4 is 0 Å². The largest absolute Gasteiger partial charge is 0.395 e. The molecule has 0 unspecified atom stereocenters. The van der Waals surface area contributed by atoms with Crippen LogP contribution in [0.4, 0.5) is 0 Å². The number of rotatable bonds is 4. The van der Waals surface area contributed by atoms with Gasteiger partial charge in [-0.2, -0.15) is 0 Å². The Balaban J connectivity index is 2.32. The van der Waals surface area contributed by atoms with Crippen LogP contribution in [0.15, 0.2) is 24.3 Å². The second-order valence-corrected chi connectivity index (χ2v) is 4.24. The van der Waals surface area contributed by atoms with Gasteiger partial charge in [0.25, 0.3) is 0 Å². The van der Waals surface area contributed by atoms with Crippen molar-refractivity contribution in [1.29, 1.82) is 0 Å². The second kappa shape index (κ2) is 4.68. The molecule has 1 heterocycles. The van der Waals surface area contributed by atoms with Crippen molar-refractivity contribution in [2.24, 2.45) is 0 Å². The SMILES string of the molecule is Cc1[nH]c2ccccc2c1CN(C)CCO. The van der Waals surface area contributed by atoms with Crippen LogP contribution in [0, 0.1) is 6.92 Å². The lowest BCUT2D eigenvalue weighted by atomic mass is 10.1. The predicted octanol–water partition coefficient (Wildman–Crippen LogP) is 1.90. The first-order valence-corrected chi connectivity index (χ1v) is 5.58. The van der Waals surface area contributed by atoms with Crippen LogP contribution in [0.1, 0.15) is 11.3 Å². The molecule has 0 saturated carbocycles. The van der Waals surface area contributed by atoms with E-state index in [-0.39, 0.29) is 6.61 Å². The van der Waals surface area contributed by atoms with Crippen molar-refractivity contribution in [2.45, 2.75) is 13.5 Å². The maximum absolute atomic E-state index is 8.90. The molecule has 1 aromatic heterocycles. The number of nitrogens with zero attached hydrogens (tertiary/aromatic N) is 1. The normalized spacial score (nSPS) is 11.5. The molecule has 3 heteroatoms. The molecular formula is C13H18N2O. The van der Waals surface area contributed by atoms with Crippen LogP contribution in [0.25, 0.3) is 10.9 Å². The van der Waals surface area contributed by atoms with Crippen LogP contribution >= 0.6 is 0 Å². The van der Waals surface area contributed by atoms with Gasteiger partial charge in [0.1, 0.15) is 0 Å². The van der Waals surface area contributed by atoms with Gasteiger partial charge in [0.05, 0.1) is 6.61 Å². The highest BCUT2D eigenvalue weighted by Gasteiger charge is 2.09. The number of aliphatic hydroxyl groups excluding tert-OH is 1. The quantitative estimate of drug-likeness (QED) is 0.822. The smallest absolute Gasteiger partial charge is 0.0558 e. The molecule has 0 atom stereocenters. The van der Waals surface area contributed by atoms with Gasteiger partial charge in [-0.05, 0) is 25.6 Å². The highest BCUT2D eigenvalue weighted by Crippen LogP contribution is 2.22. The number of aromatic amines is 1. The number of hydrogen-bond acceptors (Lipinski definition) is 2. The number of aromatic nitrogens is 1. The topological polar surface area (TPSA) is 39.3 Å². The van der Waals surface area contributed by atoms with Crippen molar-refractivity contribution >= 4 is 10.9 Å². The lowest BCUT2D eigenvalue weighted by Crippen LogP contribution is -2.21. The Bertz CT molecular complexity index is 476. The zero-order valence-corrected chi connectivity index (χ0v) is 9.83. The molecule has 0 saturated heterocycles. The molecule has 0 aliphatic carbocycles. The van der Waals surface area contributed by atoms with Gasteiger partial charge in [0, 0.05) is 29.7 Å². The molecule has 0 aliphatic heterocycles. The van der Waals surface area contributed by atoms with Gasteiger partial charge in [0.2, 0.25) is 0 Å². The fourth-order valence-corrected chi connectivity index (χ4v) is 2.06. The van der Waals surface area contributed by atoms with E-state index in [0.717, 1.165) is 6.54 Å². The summed E-state index contributed by atoms with van der Waals surface area (Å²) in [5, 5.41) is 10.2. The standard InChI is InChI=1S/C13H18N2O/c1-10-12(9-15(2)7-8-16)11-5-3-4-6-13(11)14-10/h3-6,14,16H,7-9H2,1-2H3. The third kappa shape index (κ3) is 2.10. The summed E-state index contributed by atoms with van der Waals surface area (Å²) in [6, 6.07) is 8.34. The molecule has 0 bridgehead atoms. The monoisotopic (exact) mass is 218 g/mol. The number of H-pyrrole nitrogens is 1. The van der Waals surface area contributed by atoms with E-state index >= 15 is 0 Å². The van der Waals surface area contributed by atoms with Crippen LogP contribution in [0.3, 0.4) is 0 Å². The first-order valence-electron chi connectivity index (χ1n) is 5.58. The maximum Gasteiger partial charge on any atom is 0.0558 e. The first kappa shape index (κ1) is 11.2. The summed E-state index contributed by atoms with van der Waals surface area (Å²) in [7, 11) is 2.03. The Morgan fingerprint density at radius 1 is 1.31 bits per heavy atom. The summed E-state index contributed by atoms with van der Waals surface area (Å²) in [5.74, 6) is 0. The highest BCUT2D eigenvalue weighted by atomic mass is 16.3. The average Bonchev–Trinajstić information content (AvgIpc) is 2.56. The molecule has 0 spiro atoms. The van der Waals surface area contributed by atoms with E-state index in [2.05, 4.69) is 35.0 Å². The average molecular weight is 218 g/mol. The van der Waals surface area contributed by atoms with Gasteiger partial charge < -0.3 is 10.1 Å². The molecule has 2 aromatic rings. The van der Waals surface area contributed by atoms with Crippen LogP contribution in [0.5, 0.6) is 0 Å². The summed E-state index contributed by atoms with van der Waals surface area (Å²) in [6.07, 6.45) is 0. The van der Waals surface area contributed by atoms with E-state index in [4.69, 9.17) is 5.11 Å². The second-order valence-electron chi connectivity index (χ2n) is 4.24. The molecule has 16 heavy (non-hydrogen) atoms. The summed E-state index contributed by atoms with van der Waals surface area (Å²) >= 11 is 0. The Kier molecular flexibility index (Phi) is 3.27. The van der Waals surface area contributed by atoms with Crippen molar-refractivity contribution in [2.75, 3.05) is 20.2 Å². The number of likely N-dealkylation sites (N-methyl/N-ethyl adjacent to an activating group) is 1. The van der Waals surface area contributed by atoms with Crippen molar-refractivity contribution in [1.82, 2.24) is 9.88 Å². The lowest BCUT2D eigenvalue weighted by Gasteiger charge is -2.15. The fraction of sp³-hybridized carbons (Fsp3) is 0.385. The summed E-state index contributed by atoms with van der Waals surface area (Å²) < 4.78 is 0. The van der Waals surface area contributed by atoms with Crippen molar-refractivity contribution in [3.63, 3.8) is 0 Å². The summed E-state index contributed by atoms with van der Waals surface area (Å²) in [5.41, 5.74) is 3.73. The number of hydrogen-bond donors (Lipinski definition) is 2. The number of fused-ring (bicyclic) bond motifs is 1. The Hall–Kier alpha value is -1.32. The van der Waals surface area contributed by atoms with Crippen LogP contribution in [0.2, 0.25) is 0 Å². The maximum atomic E-state index is 8.90. The molecule has 2 rings (SSSR count). The fourth-order valence-electron chi connectivity index (χ4n) is 2.06. The summed E-state index contributed by atoms with van der Waals surface area (Å²) in [6.45, 7) is 3.88. The van der Waals surface area contributed by atoms with Crippen molar-refractivity contribution in [3.05, 3.63) is 35.5 Å². The predicted molar refractivity (Wildman–Crippen MR) is 66.5 cm³/mol. The molecule has 1 aromatic carbocycles. The molecule has 0 fully saturated rings. The molecule has 0 aliphatic rings. The van der Waals surface area contributed by atoms with Crippen LogP contribution in [-0.2, 0) is 6.54 Å². The minimum Gasteiger partial charge on any atom is -0.395 e. The number of aryl methyl sites for hydroxylation is 1. The highest BCUT2D eigenvalue weighted by molar-refractivity contribution is 5.84. The zero-order valence-electron chi connectivity index (χ0n) is 9.83. The van der Waals surface area contributed by atoms with E-state index in [1.807, 2.05) is 13.1 Å². The first-order chi connectivity index (χ1) is 7.72. The van der Waals surface area contributed by atoms with E-state index < -0.39 is 0 Å². The number of aliphatic hydroxyl groups is 1. The Morgan fingerprint density at radius 2 is 2.06 bits per heavy atom. The van der Waals surface area contributed by atoms with Crippen molar-refractivity contribution < 1.29 is 5.11 Å². The van der Waals surface area contributed by atoms with Crippen molar-refractivity contribution in [3.8, 4) is 0 Å². The molecule has 3 nitrogen and oxygen atoms in total. The van der Waals surface area contributed by atoms with Gasteiger partial charge in [-0.25, -0.2) is 0 Å². The van der Waals surface area contributed by atoms with E-state index in [1.54, 1.807) is 0 Å². The van der Waals surface area contributed by atoms with Gasteiger partial charge in [-0.15, -0.1) is 0 Å². The van der Waals surface area contributed by atoms with E-state index in [0.29, 0.717) is 6.54 Å². The third-order valence-corrected chi connectivity index (χ3v) is 2.94. The molecule has 0 amide bonds.